The molecule has 0 spiro atoms. The summed E-state index contributed by atoms with van der Waals surface area (Å²) in [6.45, 7) is 3.56. The summed E-state index contributed by atoms with van der Waals surface area (Å²) in [5.41, 5.74) is 0.738. The Bertz CT molecular complexity index is 110. The molecule has 0 aliphatic carbocycles. The second-order valence-electron chi connectivity index (χ2n) is 2.03. The molecular formula is C6H12O3. The maximum absolute atomic E-state index is 8.35. The smallest absolute Gasteiger partial charge is 0.297 e. The van der Waals surface area contributed by atoms with Crippen LogP contribution in [0.5, 0.6) is 0 Å². The molecule has 0 amide bonds. The van der Waals surface area contributed by atoms with Gasteiger partial charge in [-0.05, 0) is 13.3 Å². The largest absolute Gasteiger partial charge is 0.340 e. The minimum absolute atomic E-state index is 0.698. The van der Waals surface area contributed by atoms with Crippen LogP contribution in [0.25, 0.3) is 0 Å². The van der Waals surface area contributed by atoms with Gasteiger partial charge in [-0.1, -0.05) is 12.5 Å². The molecule has 3 nitrogen and oxygen atoms in total. The number of hydrogen-bond donors (Lipinski definition) is 3. The first kappa shape index (κ1) is 8.62. The zero-order valence-electron chi connectivity index (χ0n) is 5.63. The van der Waals surface area contributed by atoms with Gasteiger partial charge >= 0.3 is 0 Å². The van der Waals surface area contributed by atoms with Crippen LogP contribution in [-0.4, -0.2) is 21.3 Å². The normalized spacial score (nSPS) is 14.1. The number of allylic oxidation sites excluding steroid dienone is 1. The van der Waals surface area contributed by atoms with Crippen molar-refractivity contribution in [1.82, 2.24) is 0 Å². The summed E-state index contributed by atoms with van der Waals surface area (Å²) >= 11 is 0. The first-order chi connectivity index (χ1) is 3.95. The molecule has 0 bridgehead atoms. The van der Waals surface area contributed by atoms with E-state index in [2.05, 4.69) is 0 Å². The number of hydrogen-bond acceptors (Lipinski definition) is 3. The summed E-state index contributed by atoms with van der Waals surface area (Å²) in [6.07, 6.45) is 1.69. The lowest BCUT2D eigenvalue weighted by Gasteiger charge is -2.08. The van der Waals surface area contributed by atoms with Gasteiger partial charge < -0.3 is 15.3 Å². The van der Waals surface area contributed by atoms with E-state index < -0.39 is 5.97 Å². The van der Waals surface area contributed by atoms with Gasteiger partial charge in [-0.15, -0.1) is 0 Å². The minimum atomic E-state index is -2.64. The third-order valence-corrected chi connectivity index (χ3v) is 0.998. The van der Waals surface area contributed by atoms with Crippen molar-refractivity contribution in [3.63, 3.8) is 0 Å². The SMILES string of the molecule is CCC(C)=CC(O)(O)O. The summed E-state index contributed by atoms with van der Waals surface area (Å²) in [6, 6.07) is 0. The topological polar surface area (TPSA) is 60.7 Å². The summed E-state index contributed by atoms with van der Waals surface area (Å²) in [4.78, 5) is 0. The second kappa shape index (κ2) is 2.96. The predicted molar refractivity (Wildman–Crippen MR) is 33.4 cm³/mol. The summed E-state index contributed by atoms with van der Waals surface area (Å²) < 4.78 is 0. The van der Waals surface area contributed by atoms with Crippen molar-refractivity contribution in [3.05, 3.63) is 11.6 Å². The molecule has 9 heavy (non-hydrogen) atoms. The minimum Gasteiger partial charge on any atom is -0.340 e. The number of rotatable bonds is 2. The van der Waals surface area contributed by atoms with Crippen LogP contribution in [0.3, 0.4) is 0 Å². The second-order valence-corrected chi connectivity index (χ2v) is 2.03. The Kier molecular flexibility index (Phi) is 2.84. The fraction of sp³-hybridized carbons (Fsp3) is 0.667. The average molecular weight is 132 g/mol. The first-order valence-corrected chi connectivity index (χ1v) is 2.81. The molecule has 0 aromatic heterocycles. The Morgan fingerprint density at radius 1 is 1.44 bits per heavy atom. The highest BCUT2D eigenvalue weighted by molar-refractivity contribution is 5.00. The van der Waals surface area contributed by atoms with Crippen LogP contribution in [0.4, 0.5) is 0 Å². The molecule has 0 unspecified atom stereocenters. The highest BCUT2D eigenvalue weighted by Crippen LogP contribution is 2.04. The third-order valence-electron chi connectivity index (χ3n) is 0.998. The molecule has 0 heterocycles. The molecule has 54 valence electrons. The maximum atomic E-state index is 8.35. The van der Waals surface area contributed by atoms with Crippen molar-refractivity contribution in [3.8, 4) is 0 Å². The van der Waals surface area contributed by atoms with Gasteiger partial charge in [0.2, 0.25) is 0 Å². The van der Waals surface area contributed by atoms with Gasteiger partial charge in [0, 0.05) is 6.08 Å². The van der Waals surface area contributed by atoms with Crippen LogP contribution in [-0.2, 0) is 0 Å². The molecule has 0 aromatic carbocycles. The van der Waals surface area contributed by atoms with Crippen LogP contribution < -0.4 is 0 Å². The molecular weight excluding hydrogens is 120 g/mol. The lowest BCUT2D eigenvalue weighted by atomic mass is 10.2. The quantitative estimate of drug-likeness (QED) is 0.365. The van der Waals surface area contributed by atoms with Crippen molar-refractivity contribution in [2.45, 2.75) is 26.2 Å². The zero-order chi connectivity index (χ0) is 7.49. The highest BCUT2D eigenvalue weighted by atomic mass is 16.7. The molecule has 0 atom stereocenters. The Morgan fingerprint density at radius 3 is 2.00 bits per heavy atom. The van der Waals surface area contributed by atoms with Gasteiger partial charge in [-0.2, -0.15) is 0 Å². The van der Waals surface area contributed by atoms with E-state index in [1.807, 2.05) is 6.92 Å². The maximum Gasteiger partial charge on any atom is 0.297 e. The third kappa shape index (κ3) is 5.49. The van der Waals surface area contributed by atoms with Crippen molar-refractivity contribution < 1.29 is 15.3 Å². The van der Waals surface area contributed by atoms with Crippen LogP contribution in [0.2, 0.25) is 0 Å². The summed E-state index contributed by atoms with van der Waals surface area (Å²) in [5.74, 6) is -2.64. The Morgan fingerprint density at radius 2 is 1.89 bits per heavy atom. The van der Waals surface area contributed by atoms with E-state index >= 15 is 0 Å². The van der Waals surface area contributed by atoms with Gasteiger partial charge in [-0.25, -0.2) is 0 Å². The molecule has 3 heteroatoms. The van der Waals surface area contributed by atoms with E-state index in [4.69, 9.17) is 15.3 Å². The van der Waals surface area contributed by atoms with Crippen LogP contribution in [0.15, 0.2) is 11.6 Å². The molecule has 0 aliphatic rings. The van der Waals surface area contributed by atoms with Crippen molar-refractivity contribution in [1.29, 1.82) is 0 Å². The lowest BCUT2D eigenvalue weighted by Crippen LogP contribution is -2.23. The molecule has 0 aromatic rings. The van der Waals surface area contributed by atoms with Gasteiger partial charge in [0.1, 0.15) is 0 Å². The van der Waals surface area contributed by atoms with Crippen molar-refractivity contribution >= 4 is 0 Å². The standard InChI is InChI=1S/C6H12O3/c1-3-5(2)4-6(7,8)9/h4,7-9H,3H2,1-2H3. The van der Waals surface area contributed by atoms with Crippen molar-refractivity contribution in [2.24, 2.45) is 0 Å². The molecule has 0 rings (SSSR count). The first-order valence-electron chi connectivity index (χ1n) is 2.81. The molecule has 0 saturated carbocycles. The van der Waals surface area contributed by atoms with Gasteiger partial charge in [0.05, 0.1) is 0 Å². The van der Waals surface area contributed by atoms with E-state index in [1.54, 1.807) is 6.92 Å². The lowest BCUT2D eigenvalue weighted by molar-refractivity contribution is -0.273. The monoisotopic (exact) mass is 132 g/mol. The molecule has 0 radical (unpaired) electrons. The zero-order valence-corrected chi connectivity index (χ0v) is 5.63. The molecule has 0 saturated heterocycles. The van der Waals surface area contributed by atoms with Crippen LogP contribution >= 0.6 is 0 Å². The number of aliphatic hydroxyl groups is 3. The van der Waals surface area contributed by atoms with Crippen LogP contribution in [0.1, 0.15) is 20.3 Å². The Hall–Kier alpha value is -0.380. The van der Waals surface area contributed by atoms with E-state index in [9.17, 15) is 0 Å². The Labute approximate surface area is 54.3 Å². The molecule has 3 N–H and O–H groups in total. The predicted octanol–water partition coefficient (Wildman–Crippen LogP) is -0.0266. The van der Waals surface area contributed by atoms with Gasteiger partial charge in [0.25, 0.3) is 5.97 Å². The molecule has 0 aliphatic heterocycles. The van der Waals surface area contributed by atoms with Crippen molar-refractivity contribution in [2.75, 3.05) is 0 Å². The molecule has 0 fully saturated rings. The fourth-order valence-corrected chi connectivity index (χ4v) is 0.433. The fourth-order valence-electron chi connectivity index (χ4n) is 0.433. The highest BCUT2D eigenvalue weighted by Gasteiger charge is 2.12. The van der Waals surface area contributed by atoms with E-state index in [0.29, 0.717) is 6.42 Å². The summed E-state index contributed by atoms with van der Waals surface area (Å²) in [5, 5.41) is 25.1. The van der Waals surface area contributed by atoms with Gasteiger partial charge in [-0.3, -0.25) is 0 Å². The van der Waals surface area contributed by atoms with Crippen LogP contribution in [0, 0.1) is 0 Å². The van der Waals surface area contributed by atoms with E-state index in [1.165, 1.54) is 0 Å². The Balaban J connectivity index is 3.95. The average Bonchev–Trinajstić information content (AvgIpc) is 1.62. The van der Waals surface area contributed by atoms with E-state index in [0.717, 1.165) is 11.6 Å². The summed E-state index contributed by atoms with van der Waals surface area (Å²) in [7, 11) is 0. The van der Waals surface area contributed by atoms with E-state index in [-0.39, 0.29) is 0 Å². The van der Waals surface area contributed by atoms with Gasteiger partial charge in [0.15, 0.2) is 0 Å².